The molecule has 0 aromatic heterocycles. The molecule has 1 amide bonds. The fourth-order valence-corrected chi connectivity index (χ4v) is 2.28. The minimum atomic E-state index is 0.793. The van der Waals surface area contributed by atoms with E-state index in [1.54, 1.807) is 6.41 Å². The molecule has 18 heavy (non-hydrogen) atoms. The van der Waals surface area contributed by atoms with E-state index in [0.29, 0.717) is 0 Å². The van der Waals surface area contributed by atoms with Crippen molar-refractivity contribution in [2.45, 2.75) is 90.4 Å². The molecule has 0 atom stereocenters. The van der Waals surface area contributed by atoms with E-state index in [0.717, 1.165) is 13.0 Å². The van der Waals surface area contributed by atoms with Gasteiger partial charge >= 0.3 is 6.41 Å². The van der Waals surface area contributed by atoms with Crippen molar-refractivity contribution >= 4 is 6.41 Å². The normalized spacial score (nSPS) is 10.5. The highest BCUT2D eigenvalue weighted by atomic mass is 16.1. The van der Waals surface area contributed by atoms with Crippen molar-refractivity contribution in [2.24, 2.45) is 0 Å². The summed E-state index contributed by atoms with van der Waals surface area (Å²) in [6.45, 7) is 3.06. The summed E-state index contributed by atoms with van der Waals surface area (Å²) in [5.41, 5.74) is 0. The topological polar surface area (TPSA) is 29.1 Å². The van der Waals surface area contributed by atoms with Crippen molar-refractivity contribution in [1.29, 1.82) is 0 Å². The highest BCUT2D eigenvalue weighted by molar-refractivity contribution is 5.46. The Hall–Kier alpha value is -0.530. The fraction of sp³-hybridized carbons (Fsp3) is 0.938. The average molecular weight is 254 g/mol. The minimum absolute atomic E-state index is 0.793. The Labute approximate surface area is 114 Å². The molecule has 0 unspecified atom stereocenters. The zero-order valence-corrected chi connectivity index (χ0v) is 12.3. The third-order valence-corrected chi connectivity index (χ3v) is 3.48. The van der Waals surface area contributed by atoms with Gasteiger partial charge in [0.1, 0.15) is 0 Å². The molecule has 0 spiro atoms. The molecule has 0 aromatic carbocycles. The second kappa shape index (κ2) is 16.5. The molecule has 0 rings (SSSR count). The lowest BCUT2D eigenvalue weighted by atomic mass is 10.0. The number of unbranched alkanes of at least 4 members (excludes halogenated alkanes) is 12. The Bertz CT molecular complexity index is 159. The van der Waals surface area contributed by atoms with E-state index in [9.17, 15) is 4.79 Å². The molecule has 0 bridgehead atoms. The van der Waals surface area contributed by atoms with Crippen LogP contribution in [0, 0.1) is 0 Å². The van der Waals surface area contributed by atoms with E-state index in [1.165, 1.54) is 77.0 Å². The summed E-state index contributed by atoms with van der Waals surface area (Å²) in [4.78, 5) is 9.89. The first-order chi connectivity index (χ1) is 8.91. The molecular formula is C16H32NO. The zero-order valence-electron chi connectivity index (χ0n) is 12.3. The molecule has 0 saturated carbocycles. The van der Waals surface area contributed by atoms with Gasteiger partial charge < -0.3 is 5.32 Å². The monoisotopic (exact) mass is 254 g/mol. The lowest BCUT2D eigenvalue weighted by Gasteiger charge is -2.02. The maximum Gasteiger partial charge on any atom is 0.309 e. The van der Waals surface area contributed by atoms with E-state index in [-0.39, 0.29) is 0 Å². The average Bonchev–Trinajstić information content (AvgIpc) is 2.39. The van der Waals surface area contributed by atoms with Crippen LogP contribution in [0.5, 0.6) is 0 Å². The summed E-state index contributed by atoms with van der Waals surface area (Å²) in [5.74, 6) is 0. The number of amides is 1. The fourth-order valence-electron chi connectivity index (χ4n) is 2.28. The van der Waals surface area contributed by atoms with Crippen LogP contribution in [-0.4, -0.2) is 13.0 Å². The zero-order chi connectivity index (χ0) is 13.3. The van der Waals surface area contributed by atoms with Crippen molar-refractivity contribution in [1.82, 2.24) is 5.32 Å². The molecule has 0 saturated heterocycles. The largest absolute Gasteiger partial charge is 0.348 e. The number of carbonyl (C=O) groups excluding carboxylic acids is 1. The standard InChI is InChI=1S/C16H32NO/c1-2-3-4-5-6-7-8-9-10-11-12-13-14-15-17-16-18/h2-15H2,1H3,(H,17,18). The van der Waals surface area contributed by atoms with Crippen molar-refractivity contribution in [3.63, 3.8) is 0 Å². The van der Waals surface area contributed by atoms with Gasteiger partial charge in [-0.1, -0.05) is 84.0 Å². The van der Waals surface area contributed by atoms with Crippen LogP contribution in [-0.2, 0) is 4.79 Å². The van der Waals surface area contributed by atoms with Crippen molar-refractivity contribution in [2.75, 3.05) is 6.54 Å². The number of hydrogen-bond acceptors (Lipinski definition) is 1. The van der Waals surface area contributed by atoms with E-state index in [1.807, 2.05) is 0 Å². The molecule has 107 valence electrons. The first-order valence-corrected chi connectivity index (χ1v) is 8.01. The van der Waals surface area contributed by atoms with Gasteiger partial charge in [-0.15, -0.1) is 0 Å². The smallest absolute Gasteiger partial charge is 0.309 e. The van der Waals surface area contributed by atoms with E-state index in [2.05, 4.69) is 12.2 Å². The lowest BCUT2D eigenvalue weighted by Crippen LogP contribution is -2.11. The molecule has 0 fully saturated rings. The Morgan fingerprint density at radius 3 is 1.44 bits per heavy atom. The van der Waals surface area contributed by atoms with Gasteiger partial charge in [0.15, 0.2) is 0 Å². The second-order valence-electron chi connectivity index (χ2n) is 5.27. The Balaban J connectivity index is 2.88. The minimum Gasteiger partial charge on any atom is -0.348 e. The summed E-state index contributed by atoms with van der Waals surface area (Å²) in [7, 11) is 0. The Morgan fingerprint density at radius 1 is 0.667 bits per heavy atom. The summed E-state index contributed by atoms with van der Waals surface area (Å²) < 4.78 is 0. The molecular weight excluding hydrogens is 222 g/mol. The first-order valence-electron chi connectivity index (χ1n) is 8.01. The van der Waals surface area contributed by atoms with Crippen LogP contribution in [0.4, 0.5) is 0 Å². The molecule has 0 aliphatic heterocycles. The Morgan fingerprint density at radius 2 is 1.06 bits per heavy atom. The third-order valence-electron chi connectivity index (χ3n) is 3.48. The van der Waals surface area contributed by atoms with Crippen LogP contribution in [0.25, 0.3) is 0 Å². The van der Waals surface area contributed by atoms with Gasteiger partial charge in [0.2, 0.25) is 0 Å². The van der Waals surface area contributed by atoms with Gasteiger partial charge in [-0.05, 0) is 6.42 Å². The molecule has 2 nitrogen and oxygen atoms in total. The van der Waals surface area contributed by atoms with E-state index in [4.69, 9.17) is 0 Å². The third kappa shape index (κ3) is 15.5. The number of nitrogens with one attached hydrogen (secondary N) is 1. The van der Waals surface area contributed by atoms with Crippen LogP contribution >= 0.6 is 0 Å². The lowest BCUT2D eigenvalue weighted by molar-refractivity contribution is 0.527. The molecule has 1 radical (unpaired) electrons. The van der Waals surface area contributed by atoms with Crippen LogP contribution in [0.2, 0.25) is 0 Å². The maximum atomic E-state index is 9.89. The summed E-state index contributed by atoms with van der Waals surface area (Å²) >= 11 is 0. The molecule has 0 aliphatic carbocycles. The van der Waals surface area contributed by atoms with Gasteiger partial charge in [0, 0.05) is 6.54 Å². The molecule has 2 heteroatoms. The highest BCUT2D eigenvalue weighted by Crippen LogP contribution is 2.12. The second-order valence-corrected chi connectivity index (χ2v) is 5.27. The van der Waals surface area contributed by atoms with Gasteiger partial charge in [-0.3, -0.25) is 4.79 Å². The van der Waals surface area contributed by atoms with E-state index >= 15 is 0 Å². The first kappa shape index (κ1) is 17.5. The summed E-state index contributed by atoms with van der Waals surface area (Å²) in [6.07, 6.45) is 19.5. The SMILES string of the molecule is CCCCCCCCCCCCCCCN[C]=O. The van der Waals surface area contributed by atoms with Gasteiger partial charge in [-0.2, -0.15) is 0 Å². The van der Waals surface area contributed by atoms with Crippen LogP contribution in [0.15, 0.2) is 0 Å². The predicted octanol–water partition coefficient (Wildman–Crippen LogP) is 4.73. The predicted molar refractivity (Wildman–Crippen MR) is 79.4 cm³/mol. The van der Waals surface area contributed by atoms with Crippen molar-refractivity contribution < 1.29 is 4.79 Å². The summed E-state index contributed by atoms with van der Waals surface area (Å²) in [6, 6.07) is 0. The van der Waals surface area contributed by atoms with Gasteiger partial charge in [0.05, 0.1) is 0 Å². The summed E-state index contributed by atoms with van der Waals surface area (Å²) in [5, 5.41) is 2.58. The molecule has 0 aromatic rings. The number of hydrogen-bond donors (Lipinski definition) is 1. The van der Waals surface area contributed by atoms with Crippen LogP contribution < -0.4 is 5.32 Å². The highest BCUT2D eigenvalue weighted by Gasteiger charge is 1.93. The van der Waals surface area contributed by atoms with Crippen molar-refractivity contribution in [3.8, 4) is 0 Å². The van der Waals surface area contributed by atoms with E-state index < -0.39 is 0 Å². The van der Waals surface area contributed by atoms with Crippen LogP contribution in [0.1, 0.15) is 90.4 Å². The molecule has 1 N–H and O–H groups in total. The van der Waals surface area contributed by atoms with Gasteiger partial charge in [0.25, 0.3) is 0 Å². The molecule has 0 aliphatic rings. The molecule has 0 heterocycles. The van der Waals surface area contributed by atoms with Crippen molar-refractivity contribution in [3.05, 3.63) is 0 Å². The maximum absolute atomic E-state index is 9.89. The van der Waals surface area contributed by atoms with Crippen LogP contribution in [0.3, 0.4) is 0 Å². The number of rotatable bonds is 15. The van der Waals surface area contributed by atoms with Gasteiger partial charge in [-0.25, -0.2) is 0 Å². The quantitative estimate of drug-likeness (QED) is 0.332. The Kier molecular flexibility index (Phi) is 16.0.